The molecule has 2 aromatic carbocycles. The SMILES string of the molecule is O=S(=O)(c1cc(C(F)(F)F)cc(C(F)(F)F)c1)N1CCc2sccc2C1c1ccc(Cl)cc1. The van der Waals surface area contributed by atoms with E-state index >= 15 is 0 Å². The second-order valence-corrected chi connectivity index (χ2v) is 10.7. The largest absolute Gasteiger partial charge is 0.416 e. The van der Waals surface area contributed by atoms with E-state index in [1.54, 1.807) is 23.6 Å². The van der Waals surface area contributed by atoms with E-state index in [0.717, 1.165) is 9.18 Å². The fourth-order valence-electron chi connectivity index (χ4n) is 3.75. The molecule has 0 radical (unpaired) electrons. The number of alkyl halides is 6. The summed E-state index contributed by atoms with van der Waals surface area (Å²) in [7, 11) is -4.75. The Morgan fingerprint density at radius 1 is 0.909 bits per heavy atom. The zero-order valence-corrected chi connectivity index (χ0v) is 18.8. The van der Waals surface area contributed by atoms with E-state index in [2.05, 4.69) is 0 Å². The maximum absolute atomic E-state index is 13.5. The molecule has 0 N–H and O–H groups in total. The van der Waals surface area contributed by atoms with Crippen LogP contribution in [0.3, 0.4) is 0 Å². The topological polar surface area (TPSA) is 37.4 Å². The van der Waals surface area contributed by atoms with E-state index in [0.29, 0.717) is 16.1 Å². The van der Waals surface area contributed by atoms with Gasteiger partial charge in [-0.05, 0) is 59.3 Å². The second kappa shape index (κ2) is 8.30. The van der Waals surface area contributed by atoms with E-state index in [9.17, 15) is 34.8 Å². The zero-order valence-electron chi connectivity index (χ0n) is 16.4. The molecule has 0 aliphatic carbocycles. The summed E-state index contributed by atoms with van der Waals surface area (Å²) in [6.45, 7) is -0.110. The fourth-order valence-corrected chi connectivity index (χ4v) is 6.45. The van der Waals surface area contributed by atoms with Gasteiger partial charge in [-0.2, -0.15) is 30.6 Å². The maximum atomic E-state index is 13.5. The monoisotopic (exact) mass is 525 g/mol. The van der Waals surface area contributed by atoms with Gasteiger partial charge >= 0.3 is 12.4 Å². The Morgan fingerprint density at radius 3 is 2.03 bits per heavy atom. The summed E-state index contributed by atoms with van der Waals surface area (Å²) in [6, 6.07) is 7.40. The van der Waals surface area contributed by atoms with Crippen LogP contribution in [0, 0.1) is 0 Å². The Bertz CT molecular complexity index is 1250. The maximum Gasteiger partial charge on any atom is 0.416 e. The summed E-state index contributed by atoms with van der Waals surface area (Å²) in [5, 5.41) is 2.15. The minimum Gasteiger partial charge on any atom is -0.207 e. The lowest BCUT2D eigenvalue weighted by Gasteiger charge is -2.35. The third-order valence-electron chi connectivity index (χ3n) is 5.28. The average molecular weight is 526 g/mol. The van der Waals surface area contributed by atoms with Gasteiger partial charge < -0.3 is 0 Å². The van der Waals surface area contributed by atoms with E-state index in [1.165, 1.54) is 23.5 Å². The van der Waals surface area contributed by atoms with E-state index in [4.69, 9.17) is 11.6 Å². The number of thiophene rings is 1. The molecular formula is C21H14ClF6NO2S2. The van der Waals surface area contributed by atoms with Crippen molar-refractivity contribution in [3.8, 4) is 0 Å². The molecule has 3 aromatic rings. The quantitative estimate of drug-likeness (QED) is 0.354. The van der Waals surface area contributed by atoms with Crippen molar-refractivity contribution >= 4 is 33.0 Å². The Labute approximate surface area is 194 Å². The van der Waals surface area contributed by atoms with E-state index in [-0.39, 0.29) is 31.2 Å². The molecule has 3 nitrogen and oxygen atoms in total. The number of halogens is 7. The van der Waals surface area contributed by atoms with Crippen LogP contribution in [0.1, 0.15) is 33.2 Å². The summed E-state index contributed by atoms with van der Waals surface area (Å²) < 4.78 is 108. The van der Waals surface area contributed by atoms with Crippen molar-refractivity contribution < 1.29 is 34.8 Å². The Hall–Kier alpha value is -2.08. The number of sulfonamides is 1. The third kappa shape index (κ3) is 4.64. The summed E-state index contributed by atoms with van der Waals surface area (Å²) >= 11 is 7.33. The first-order chi connectivity index (χ1) is 15.3. The van der Waals surface area contributed by atoms with Gasteiger partial charge in [0, 0.05) is 16.4 Å². The molecule has 12 heteroatoms. The summed E-state index contributed by atoms with van der Waals surface area (Å²) in [4.78, 5) is -0.177. The molecule has 0 saturated heterocycles. The number of benzene rings is 2. The van der Waals surface area contributed by atoms with Crippen molar-refractivity contribution in [2.24, 2.45) is 0 Å². The molecule has 1 aliphatic heterocycles. The molecule has 0 saturated carbocycles. The first-order valence-corrected chi connectivity index (χ1v) is 12.1. The Morgan fingerprint density at radius 2 is 1.48 bits per heavy atom. The van der Waals surface area contributed by atoms with Crippen molar-refractivity contribution in [3.63, 3.8) is 0 Å². The van der Waals surface area contributed by atoms with Crippen molar-refractivity contribution in [1.82, 2.24) is 4.31 Å². The van der Waals surface area contributed by atoms with Gasteiger partial charge in [0.2, 0.25) is 10.0 Å². The van der Waals surface area contributed by atoms with Crippen LogP contribution in [0.25, 0.3) is 0 Å². The lowest BCUT2D eigenvalue weighted by Crippen LogP contribution is -2.40. The van der Waals surface area contributed by atoms with Crippen LogP contribution in [-0.4, -0.2) is 19.3 Å². The van der Waals surface area contributed by atoms with Crippen LogP contribution < -0.4 is 0 Å². The van der Waals surface area contributed by atoms with Crippen LogP contribution in [0.5, 0.6) is 0 Å². The highest BCUT2D eigenvalue weighted by atomic mass is 35.5. The minimum absolute atomic E-state index is 0.0944. The fraction of sp³-hybridized carbons (Fsp3) is 0.238. The smallest absolute Gasteiger partial charge is 0.207 e. The van der Waals surface area contributed by atoms with Crippen molar-refractivity contribution in [1.29, 1.82) is 0 Å². The van der Waals surface area contributed by atoms with Gasteiger partial charge in [-0.15, -0.1) is 11.3 Å². The Kier molecular flexibility index (Phi) is 6.05. The molecule has 33 heavy (non-hydrogen) atoms. The molecule has 4 rings (SSSR count). The lowest BCUT2D eigenvalue weighted by molar-refractivity contribution is -0.143. The highest BCUT2D eigenvalue weighted by Gasteiger charge is 2.42. The standard InChI is InChI=1S/C21H14ClF6NO2S2/c22-15-3-1-12(2-4-15)19-17-6-8-32-18(17)5-7-29(19)33(30,31)16-10-13(20(23,24)25)9-14(11-16)21(26,27)28/h1-4,6,8-11,19H,5,7H2. The minimum atomic E-state index is -5.16. The molecule has 1 atom stereocenters. The molecule has 176 valence electrons. The highest BCUT2D eigenvalue weighted by molar-refractivity contribution is 7.89. The third-order valence-corrected chi connectivity index (χ3v) is 8.37. The summed E-state index contributed by atoms with van der Waals surface area (Å²) in [5.74, 6) is 0. The number of hydrogen-bond acceptors (Lipinski definition) is 3. The van der Waals surface area contributed by atoms with E-state index < -0.39 is 44.4 Å². The van der Waals surface area contributed by atoms with Crippen LogP contribution in [0.2, 0.25) is 5.02 Å². The molecule has 2 heterocycles. The van der Waals surface area contributed by atoms with Crippen molar-refractivity contribution in [3.05, 3.63) is 86.1 Å². The van der Waals surface area contributed by atoms with Gasteiger partial charge in [0.1, 0.15) is 0 Å². The first-order valence-electron chi connectivity index (χ1n) is 9.41. The van der Waals surface area contributed by atoms with E-state index in [1.807, 2.05) is 0 Å². The van der Waals surface area contributed by atoms with Crippen LogP contribution in [0.4, 0.5) is 26.3 Å². The summed E-state index contributed by atoms with van der Waals surface area (Å²) in [5.41, 5.74) is -2.26. The van der Waals surface area contributed by atoms with Gasteiger partial charge in [-0.3, -0.25) is 0 Å². The molecule has 0 bridgehead atoms. The van der Waals surface area contributed by atoms with Crippen LogP contribution in [-0.2, 0) is 28.8 Å². The Balaban J connectivity index is 1.89. The molecule has 1 aliphatic rings. The molecule has 1 aromatic heterocycles. The normalized spacial score (nSPS) is 17.7. The number of fused-ring (bicyclic) bond motifs is 1. The van der Waals surface area contributed by atoms with Crippen LogP contribution in [0.15, 0.2) is 58.8 Å². The zero-order chi connectivity index (χ0) is 24.2. The van der Waals surface area contributed by atoms with Gasteiger partial charge in [-0.25, -0.2) is 8.42 Å². The predicted octanol–water partition coefficient (Wildman–Crippen LogP) is 6.78. The van der Waals surface area contributed by atoms with Gasteiger partial charge in [0.05, 0.1) is 22.1 Å². The number of rotatable bonds is 3. The molecule has 1 unspecified atom stereocenters. The average Bonchev–Trinajstić information content (AvgIpc) is 3.21. The molecule has 0 fully saturated rings. The molecular weight excluding hydrogens is 512 g/mol. The number of hydrogen-bond donors (Lipinski definition) is 0. The van der Waals surface area contributed by atoms with Gasteiger partial charge in [0.25, 0.3) is 0 Å². The van der Waals surface area contributed by atoms with Crippen LogP contribution >= 0.6 is 22.9 Å². The number of nitrogens with zero attached hydrogens (tertiary/aromatic N) is 1. The molecule has 0 amide bonds. The second-order valence-electron chi connectivity index (χ2n) is 7.36. The highest BCUT2D eigenvalue weighted by Crippen LogP contribution is 2.43. The lowest BCUT2D eigenvalue weighted by atomic mass is 9.95. The predicted molar refractivity (Wildman–Crippen MR) is 112 cm³/mol. The van der Waals surface area contributed by atoms with Gasteiger partial charge in [-0.1, -0.05) is 23.7 Å². The first kappa shape index (κ1) is 24.1. The van der Waals surface area contributed by atoms with Gasteiger partial charge in [0.15, 0.2) is 0 Å². The molecule has 0 spiro atoms. The van der Waals surface area contributed by atoms with Crippen molar-refractivity contribution in [2.45, 2.75) is 29.7 Å². The van der Waals surface area contributed by atoms with Crippen molar-refractivity contribution in [2.75, 3.05) is 6.54 Å². The summed E-state index contributed by atoms with van der Waals surface area (Å²) in [6.07, 6.45) is -10.0.